The molecular weight excluding hydrogens is 338 g/mol. The van der Waals surface area contributed by atoms with Crippen molar-refractivity contribution in [3.63, 3.8) is 0 Å². The minimum Gasteiger partial charge on any atom is -0.379 e. The number of aliphatic hydroxyl groups is 1. The third-order valence-electron chi connectivity index (χ3n) is 3.64. The van der Waals surface area contributed by atoms with Crippen LogP contribution >= 0.6 is 15.9 Å². The molecule has 0 spiro atoms. The lowest BCUT2D eigenvalue weighted by Crippen LogP contribution is -2.38. The fraction of sp³-hybridized carbons (Fsp3) is 0.786. The molecule has 1 atom stereocenters. The standard InChI is InChI=1S/C14H24BrN3O3/c1-3-11-12(15)13(14(19)21-4-2)16-18(11)6-5-17-7-9-20-10-8-17/h14,19H,3-10H2,1-2H3. The summed E-state index contributed by atoms with van der Waals surface area (Å²) in [5, 5.41) is 14.5. The number of hydrogen-bond acceptors (Lipinski definition) is 5. The molecule has 1 aliphatic heterocycles. The van der Waals surface area contributed by atoms with Gasteiger partial charge < -0.3 is 14.6 Å². The Morgan fingerprint density at radius 3 is 2.67 bits per heavy atom. The van der Waals surface area contributed by atoms with E-state index < -0.39 is 6.29 Å². The number of ether oxygens (including phenoxy) is 2. The summed E-state index contributed by atoms with van der Waals surface area (Å²) in [6.45, 7) is 9.69. The summed E-state index contributed by atoms with van der Waals surface area (Å²) < 4.78 is 13.4. The Hall–Kier alpha value is -0.470. The Kier molecular flexibility index (Phi) is 6.63. The molecule has 1 aliphatic rings. The van der Waals surface area contributed by atoms with Crippen LogP contribution in [0.25, 0.3) is 0 Å². The lowest BCUT2D eigenvalue weighted by molar-refractivity contribution is -0.101. The van der Waals surface area contributed by atoms with E-state index in [0.29, 0.717) is 12.3 Å². The van der Waals surface area contributed by atoms with Crippen LogP contribution in [0.3, 0.4) is 0 Å². The minimum absolute atomic E-state index is 0.454. The van der Waals surface area contributed by atoms with Crippen LogP contribution in [-0.2, 0) is 22.4 Å². The third kappa shape index (κ3) is 4.26. The van der Waals surface area contributed by atoms with Crippen molar-refractivity contribution in [1.82, 2.24) is 14.7 Å². The van der Waals surface area contributed by atoms with Crippen LogP contribution in [0.4, 0.5) is 0 Å². The normalized spacial score (nSPS) is 18.1. The van der Waals surface area contributed by atoms with Gasteiger partial charge in [-0.25, -0.2) is 0 Å². The molecule has 0 aromatic carbocycles. The van der Waals surface area contributed by atoms with Crippen LogP contribution in [0.15, 0.2) is 4.47 Å². The van der Waals surface area contributed by atoms with E-state index in [-0.39, 0.29) is 0 Å². The van der Waals surface area contributed by atoms with Gasteiger partial charge in [0, 0.05) is 26.2 Å². The van der Waals surface area contributed by atoms with Gasteiger partial charge in [-0.15, -0.1) is 0 Å². The maximum absolute atomic E-state index is 10.00. The Balaban J connectivity index is 2.05. The van der Waals surface area contributed by atoms with Crippen LogP contribution in [0.2, 0.25) is 0 Å². The van der Waals surface area contributed by atoms with Gasteiger partial charge in [0.25, 0.3) is 0 Å². The number of hydrogen-bond donors (Lipinski definition) is 1. The zero-order valence-electron chi connectivity index (χ0n) is 12.7. The SMILES string of the molecule is CCOC(O)c1nn(CCN2CCOCC2)c(CC)c1Br. The summed E-state index contributed by atoms with van der Waals surface area (Å²) >= 11 is 3.54. The monoisotopic (exact) mass is 361 g/mol. The smallest absolute Gasteiger partial charge is 0.201 e. The summed E-state index contributed by atoms with van der Waals surface area (Å²) in [6.07, 6.45) is -0.116. The van der Waals surface area contributed by atoms with Crippen molar-refractivity contribution in [2.45, 2.75) is 33.1 Å². The average molecular weight is 362 g/mol. The van der Waals surface area contributed by atoms with Gasteiger partial charge in [-0.3, -0.25) is 9.58 Å². The zero-order chi connectivity index (χ0) is 15.2. The summed E-state index contributed by atoms with van der Waals surface area (Å²) in [5.41, 5.74) is 1.66. The lowest BCUT2D eigenvalue weighted by atomic mass is 10.3. The van der Waals surface area contributed by atoms with E-state index in [2.05, 4.69) is 32.9 Å². The topological polar surface area (TPSA) is 59.8 Å². The van der Waals surface area contributed by atoms with Gasteiger partial charge in [-0.2, -0.15) is 5.10 Å². The largest absolute Gasteiger partial charge is 0.379 e. The fourth-order valence-electron chi connectivity index (χ4n) is 2.47. The van der Waals surface area contributed by atoms with Crippen LogP contribution in [0.1, 0.15) is 31.5 Å². The van der Waals surface area contributed by atoms with E-state index in [0.717, 1.165) is 56.0 Å². The molecule has 1 N–H and O–H groups in total. The second-order valence-corrected chi connectivity index (χ2v) is 5.78. The Labute approximate surface area is 134 Å². The summed E-state index contributed by atoms with van der Waals surface area (Å²) in [5.74, 6) is 0. The zero-order valence-corrected chi connectivity index (χ0v) is 14.3. The number of rotatable bonds is 7. The maximum atomic E-state index is 10.00. The molecule has 120 valence electrons. The fourth-order valence-corrected chi connectivity index (χ4v) is 3.23. The molecule has 0 amide bonds. The van der Waals surface area contributed by atoms with Crippen LogP contribution < -0.4 is 0 Å². The number of morpholine rings is 1. The summed E-state index contributed by atoms with van der Waals surface area (Å²) in [7, 11) is 0. The number of aliphatic hydroxyl groups excluding tert-OH is 1. The van der Waals surface area contributed by atoms with E-state index in [1.165, 1.54) is 0 Å². The highest BCUT2D eigenvalue weighted by atomic mass is 79.9. The Bertz CT molecular complexity index is 447. The van der Waals surface area contributed by atoms with Crippen molar-refractivity contribution < 1.29 is 14.6 Å². The van der Waals surface area contributed by atoms with Crippen LogP contribution in [-0.4, -0.2) is 59.2 Å². The van der Waals surface area contributed by atoms with Gasteiger partial charge in [0.2, 0.25) is 6.29 Å². The van der Waals surface area contributed by atoms with Crippen molar-refractivity contribution >= 4 is 15.9 Å². The first kappa shape index (κ1) is 16.9. The molecule has 0 bridgehead atoms. The highest BCUT2D eigenvalue weighted by Crippen LogP contribution is 2.27. The molecule has 1 fully saturated rings. The summed E-state index contributed by atoms with van der Waals surface area (Å²) in [4.78, 5) is 2.37. The minimum atomic E-state index is -0.973. The summed E-state index contributed by atoms with van der Waals surface area (Å²) in [6, 6.07) is 0. The molecule has 7 heteroatoms. The van der Waals surface area contributed by atoms with E-state index >= 15 is 0 Å². The third-order valence-corrected chi connectivity index (χ3v) is 4.51. The first-order chi connectivity index (χ1) is 10.2. The second-order valence-electron chi connectivity index (χ2n) is 4.98. The predicted molar refractivity (Wildman–Crippen MR) is 83.1 cm³/mol. The van der Waals surface area contributed by atoms with Crippen molar-refractivity contribution in [3.05, 3.63) is 15.9 Å². The van der Waals surface area contributed by atoms with Crippen molar-refractivity contribution in [1.29, 1.82) is 0 Å². The van der Waals surface area contributed by atoms with Gasteiger partial charge >= 0.3 is 0 Å². The van der Waals surface area contributed by atoms with E-state index in [9.17, 15) is 5.11 Å². The number of halogens is 1. The van der Waals surface area contributed by atoms with Crippen molar-refractivity contribution in [2.75, 3.05) is 39.5 Å². The van der Waals surface area contributed by atoms with Crippen LogP contribution in [0, 0.1) is 0 Å². The highest BCUT2D eigenvalue weighted by molar-refractivity contribution is 9.10. The van der Waals surface area contributed by atoms with Gasteiger partial charge in [0.05, 0.1) is 29.9 Å². The molecule has 0 aliphatic carbocycles. The number of nitrogens with zero attached hydrogens (tertiary/aromatic N) is 3. The number of aromatic nitrogens is 2. The van der Waals surface area contributed by atoms with E-state index in [1.54, 1.807) is 0 Å². The van der Waals surface area contributed by atoms with Gasteiger partial charge in [0.15, 0.2) is 0 Å². The maximum Gasteiger partial charge on any atom is 0.201 e. The first-order valence-electron chi connectivity index (χ1n) is 7.52. The molecule has 6 nitrogen and oxygen atoms in total. The molecule has 1 saturated heterocycles. The van der Waals surface area contributed by atoms with Gasteiger partial charge in [0.1, 0.15) is 5.69 Å². The Morgan fingerprint density at radius 1 is 1.33 bits per heavy atom. The van der Waals surface area contributed by atoms with E-state index in [4.69, 9.17) is 9.47 Å². The molecular formula is C14H24BrN3O3. The lowest BCUT2D eigenvalue weighted by Gasteiger charge is -2.26. The molecule has 0 saturated carbocycles. The quantitative estimate of drug-likeness (QED) is 0.747. The van der Waals surface area contributed by atoms with Crippen molar-refractivity contribution in [2.24, 2.45) is 0 Å². The molecule has 21 heavy (non-hydrogen) atoms. The molecule has 1 unspecified atom stereocenters. The predicted octanol–water partition coefficient (Wildman–Crippen LogP) is 1.57. The average Bonchev–Trinajstić information content (AvgIpc) is 2.82. The van der Waals surface area contributed by atoms with Gasteiger partial charge in [-0.1, -0.05) is 6.92 Å². The molecule has 2 heterocycles. The van der Waals surface area contributed by atoms with Crippen LogP contribution in [0.5, 0.6) is 0 Å². The first-order valence-corrected chi connectivity index (χ1v) is 8.31. The molecule has 1 aromatic heterocycles. The van der Waals surface area contributed by atoms with Crippen molar-refractivity contribution in [3.8, 4) is 0 Å². The highest BCUT2D eigenvalue weighted by Gasteiger charge is 2.21. The molecule has 2 rings (SSSR count). The molecule has 1 aromatic rings. The molecule has 0 radical (unpaired) electrons. The second kappa shape index (κ2) is 8.24. The Morgan fingerprint density at radius 2 is 2.05 bits per heavy atom. The van der Waals surface area contributed by atoms with E-state index in [1.807, 2.05) is 11.6 Å². The van der Waals surface area contributed by atoms with Gasteiger partial charge in [-0.05, 0) is 29.3 Å².